The maximum atomic E-state index is 5.31. The van der Waals surface area contributed by atoms with Gasteiger partial charge in [-0.2, -0.15) is 5.10 Å². The molecule has 6 heavy (non-hydrogen) atoms. The maximum Gasteiger partial charge on any atom is 0.103 e. The Bertz CT molecular complexity index is 112. The summed E-state index contributed by atoms with van der Waals surface area (Å²) in [7, 11) is 0. The summed E-state index contributed by atoms with van der Waals surface area (Å²) >= 11 is 5.31. The van der Waals surface area contributed by atoms with E-state index < -0.39 is 0 Å². The molecule has 1 N–H and O–H groups in total. The zero-order valence-corrected chi connectivity index (χ0v) is 3.66. The standard InChI is InChI=1S/C3H2ClN2/c4-3-1-5-6-2-3/h1H,(H,5,6). The van der Waals surface area contributed by atoms with E-state index in [2.05, 4.69) is 16.4 Å². The molecule has 1 radical (unpaired) electrons. The molecule has 0 aliphatic rings. The molecule has 0 spiro atoms. The van der Waals surface area contributed by atoms with E-state index in [0.717, 1.165) is 0 Å². The number of hydrogen-bond acceptors (Lipinski definition) is 1. The first-order valence-corrected chi connectivity index (χ1v) is 1.84. The van der Waals surface area contributed by atoms with Crippen molar-refractivity contribution in [3.05, 3.63) is 17.4 Å². The van der Waals surface area contributed by atoms with Crippen LogP contribution in [-0.2, 0) is 0 Å². The van der Waals surface area contributed by atoms with Crippen molar-refractivity contribution in [2.45, 2.75) is 0 Å². The van der Waals surface area contributed by atoms with Crippen molar-refractivity contribution < 1.29 is 0 Å². The summed E-state index contributed by atoms with van der Waals surface area (Å²) in [5.74, 6) is 0. The van der Waals surface area contributed by atoms with E-state index >= 15 is 0 Å². The normalized spacial score (nSPS) is 8.83. The summed E-state index contributed by atoms with van der Waals surface area (Å²) in [6.07, 6.45) is 4.02. The van der Waals surface area contributed by atoms with Gasteiger partial charge in [0.2, 0.25) is 0 Å². The first-order chi connectivity index (χ1) is 2.89. The number of aromatic amines is 1. The van der Waals surface area contributed by atoms with E-state index in [1.807, 2.05) is 0 Å². The Hall–Kier alpha value is -0.500. The molecule has 1 aromatic rings. The van der Waals surface area contributed by atoms with Crippen LogP contribution in [0.1, 0.15) is 0 Å². The van der Waals surface area contributed by atoms with Crippen LogP contribution >= 0.6 is 11.6 Å². The van der Waals surface area contributed by atoms with Crippen molar-refractivity contribution in [2.75, 3.05) is 0 Å². The molecule has 0 aliphatic heterocycles. The zero-order chi connectivity index (χ0) is 4.41. The highest BCUT2D eigenvalue weighted by molar-refractivity contribution is 6.30. The molecule has 1 rings (SSSR count). The van der Waals surface area contributed by atoms with Crippen molar-refractivity contribution in [3.63, 3.8) is 0 Å². The molecule has 2 nitrogen and oxygen atoms in total. The second-order valence-electron chi connectivity index (χ2n) is 0.843. The van der Waals surface area contributed by atoms with Crippen molar-refractivity contribution in [1.29, 1.82) is 0 Å². The highest BCUT2D eigenvalue weighted by atomic mass is 35.5. The van der Waals surface area contributed by atoms with Gasteiger partial charge in [0.1, 0.15) is 6.20 Å². The number of H-pyrrole nitrogens is 1. The minimum atomic E-state index is 0.523. The molecule has 0 saturated carbocycles. The summed E-state index contributed by atoms with van der Waals surface area (Å²) in [6.45, 7) is 0. The van der Waals surface area contributed by atoms with E-state index in [1.54, 1.807) is 0 Å². The fourth-order valence-corrected chi connectivity index (χ4v) is 0.298. The summed E-state index contributed by atoms with van der Waals surface area (Å²) in [5, 5.41) is 6.45. The largest absolute Gasteiger partial charge is 0.275 e. The topological polar surface area (TPSA) is 28.7 Å². The Morgan fingerprint density at radius 1 is 2.00 bits per heavy atom. The monoisotopic (exact) mass is 101 g/mol. The van der Waals surface area contributed by atoms with E-state index in [0.29, 0.717) is 5.02 Å². The molecule has 3 heteroatoms. The average molecular weight is 102 g/mol. The lowest BCUT2D eigenvalue weighted by molar-refractivity contribution is 1.08. The predicted octanol–water partition coefficient (Wildman–Crippen LogP) is 0.863. The van der Waals surface area contributed by atoms with E-state index in [9.17, 15) is 0 Å². The van der Waals surface area contributed by atoms with E-state index in [4.69, 9.17) is 11.6 Å². The second kappa shape index (κ2) is 1.30. The van der Waals surface area contributed by atoms with Crippen LogP contribution in [0.25, 0.3) is 0 Å². The highest BCUT2D eigenvalue weighted by Gasteiger charge is 1.79. The van der Waals surface area contributed by atoms with Gasteiger partial charge in [-0.1, -0.05) is 11.6 Å². The van der Waals surface area contributed by atoms with Gasteiger partial charge in [-0.15, -0.1) is 0 Å². The van der Waals surface area contributed by atoms with Crippen LogP contribution in [0.4, 0.5) is 0 Å². The smallest absolute Gasteiger partial charge is 0.103 e. The van der Waals surface area contributed by atoms with Gasteiger partial charge in [-0.25, -0.2) is 0 Å². The zero-order valence-electron chi connectivity index (χ0n) is 2.90. The van der Waals surface area contributed by atoms with E-state index in [1.165, 1.54) is 6.20 Å². The molecule has 0 unspecified atom stereocenters. The van der Waals surface area contributed by atoms with Gasteiger partial charge in [0.15, 0.2) is 0 Å². The summed E-state index contributed by atoms with van der Waals surface area (Å²) in [5.41, 5.74) is 0. The quantitative estimate of drug-likeness (QED) is 0.516. The third-order valence-corrected chi connectivity index (χ3v) is 0.610. The number of hydrogen-bond donors (Lipinski definition) is 1. The Morgan fingerprint density at radius 2 is 2.83 bits per heavy atom. The second-order valence-corrected chi connectivity index (χ2v) is 1.25. The molecule has 31 valence electrons. The molecule has 0 aliphatic carbocycles. The SMILES string of the molecule is Clc1[c][nH]nc1. The third kappa shape index (κ3) is 0.518. The lowest BCUT2D eigenvalue weighted by Crippen LogP contribution is -1.54. The van der Waals surface area contributed by atoms with Crippen LogP contribution < -0.4 is 0 Å². The Balaban J connectivity index is 3.05. The molecule has 0 amide bonds. The van der Waals surface area contributed by atoms with Crippen molar-refractivity contribution in [1.82, 2.24) is 10.2 Å². The lowest BCUT2D eigenvalue weighted by atomic mass is 10.8. The fourth-order valence-electron chi connectivity index (χ4n) is 0.207. The minimum absolute atomic E-state index is 0.523. The minimum Gasteiger partial charge on any atom is -0.275 e. The first kappa shape index (κ1) is 3.68. The van der Waals surface area contributed by atoms with E-state index in [-0.39, 0.29) is 0 Å². The van der Waals surface area contributed by atoms with Gasteiger partial charge in [0.05, 0.1) is 11.2 Å². The molecule has 0 atom stereocenters. The van der Waals surface area contributed by atoms with Crippen molar-refractivity contribution in [3.8, 4) is 0 Å². The molecular formula is C3H2ClN2. The van der Waals surface area contributed by atoms with Crippen LogP contribution in [-0.4, -0.2) is 10.2 Å². The fraction of sp³-hybridized carbons (Fsp3) is 0. The van der Waals surface area contributed by atoms with Crippen LogP contribution in [0, 0.1) is 6.20 Å². The van der Waals surface area contributed by atoms with Crippen LogP contribution in [0.15, 0.2) is 6.20 Å². The lowest BCUT2D eigenvalue weighted by Gasteiger charge is -1.57. The molecule has 0 saturated heterocycles. The highest BCUT2D eigenvalue weighted by Crippen LogP contribution is 1.98. The van der Waals surface area contributed by atoms with Crippen LogP contribution in [0.3, 0.4) is 0 Å². The number of nitrogens with one attached hydrogen (secondary N) is 1. The Kier molecular flexibility index (Phi) is 0.801. The van der Waals surface area contributed by atoms with Gasteiger partial charge >= 0.3 is 0 Å². The van der Waals surface area contributed by atoms with Gasteiger partial charge in [-0.05, 0) is 0 Å². The Morgan fingerprint density at radius 3 is 3.00 bits per heavy atom. The maximum absolute atomic E-state index is 5.31. The van der Waals surface area contributed by atoms with Gasteiger partial charge in [0, 0.05) is 0 Å². The predicted molar refractivity (Wildman–Crippen MR) is 22.4 cm³/mol. The van der Waals surface area contributed by atoms with Crippen LogP contribution in [0.5, 0.6) is 0 Å². The molecule has 1 aromatic heterocycles. The third-order valence-electron chi connectivity index (χ3n) is 0.418. The molecule has 0 bridgehead atoms. The summed E-state index contributed by atoms with van der Waals surface area (Å²) in [6, 6.07) is 0. The number of aromatic nitrogens is 2. The van der Waals surface area contributed by atoms with Crippen molar-refractivity contribution in [2.24, 2.45) is 0 Å². The number of halogens is 1. The van der Waals surface area contributed by atoms with Crippen LogP contribution in [0.2, 0.25) is 5.02 Å². The molecular weight excluding hydrogens is 99.5 g/mol. The Labute approximate surface area is 40.1 Å². The van der Waals surface area contributed by atoms with Gasteiger partial charge < -0.3 is 0 Å². The summed E-state index contributed by atoms with van der Waals surface area (Å²) in [4.78, 5) is 0. The first-order valence-electron chi connectivity index (χ1n) is 1.46. The molecule has 0 aromatic carbocycles. The summed E-state index contributed by atoms with van der Waals surface area (Å²) < 4.78 is 0. The van der Waals surface area contributed by atoms with Crippen molar-refractivity contribution >= 4 is 11.6 Å². The number of rotatable bonds is 0. The van der Waals surface area contributed by atoms with Gasteiger partial charge in [-0.3, -0.25) is 5.10 Å². The molecule has 0 fully saturated rings. The number of nitrogens with zero attached hydrogens (tertiary/aromatic N) is 1. The van der Waals surface area contributed by atoms with Gasteiger partial charge in [0.25, 0.3) is 0 Å². The average Bonchev–Trinajstić information content (AvgIpc) is 1.86. The molecule has 1 heterocycles.